The number of hydrogen-bond acceptors (Lipinski definition) is 5. The number of ether oxygens (including phenoxy) is 2. The van der Waals surface area contributed by atoms with E-state index in [2.05, 4.69) is 41.8 Å². The van der Waals surface area contributed by atoms with Gasteiger partial charge in [-0.05, 0) is 41.8 Å². The highest BCUT2D eigenvalue weighted by Gasteiger charge is 2.20. The van der Waals surface area contributed by atoms with Crippen LogP contribution in [0.1, 0.15) is 25.3 Å². The average molecular weight is 385 g/mol. The van der Waals surface area contributed by atoms with E-state index in [0.29, 0.717) is 19.1 Å². The molecule has 0 aliphatic carbocycles. The van der Waals surface area contributed by atoms with Crippen molar-refractivity contribution in [2.45, 2.75) is 25.9 Å². The summed E-state index contributed by atoms with van der Waals surface area (Å²) in [5, 5.41) is 10.4. The fourth-order valence-electron chi connectivity index (χ4n) is 3.61. The van der Waals surface area contributed by atoms with Crippen LogP contribution in [0.25, 0.3) is 0 Å². The van der Waals surface area contributed by atoms with Gasteiger partial charge in [-0.1, -0.05) is 32.0 Å². The molecule has 152 valence electrons. The SMILES string of the molecule is COc1ccc(N2CCN(C[C@H](O)COc3ccccc3C(C)C)CC2)cc1. The van der Waals surface area contributed by atoms with E-state index in [1.807, 2.05) is 30.3 Å². The van der Waals surface area contributed by atoms with Gasteiger partial charge in [-0.15, -0.1) is 0 Å². The van der Waals surface area contributed by atoms with Crippen LogP contribution < -0.4 is 14.4 Å². The molecule has 0 radical (unpaired) electrons. The van der Waals surface area contributed by atoms with Gasteiger partial charge in [0.1, 0.15) is 24.2 Å². The molecular weight excluding hydrogens is 352 g/mol. The zero-order valence-corrected chi connectivity index (χ0v) is 17.2. The first-order valence-electron chi connectivity index (χ1n) is 10.1. The normalized spacial score (nSPS) is 16.2. The van der Waals surface area contributed by atoms with E-state index in [9.17, 15) is 5.11 Å². The summed E-state index contributed by atoms with van der Waals surface area (Å²) in [7, 11) is 1.68. The highest BCUT2D eigenvalue weighted by molar-refractivity contribution is 5.49. The number of rotatable bonds is 8. The molecule has 1 heterocycles. The number of aliphatic hydroxyl groups is 1. The molecule has 3 rings (SSSR count). The zero-order chi connectivity index (χ0) is 19.9. The molecule has 28 heavy (non-hydrogen) atoms. The van der Waals surface area contributed by atoms with E-state index in [-0.39, 0.29) is 0 Å². The van der Waals surface area contributed by atoms with Gasteiger partial charge in [-0.3, -0.25) is 4.90 Å². The summed E-state index contributed by atoms with van der Waals surface area (Å²) < 4.78 is 11.1. The Morgan fingerprint density at radius 3 is 2.29 bits per heavy atom. The molecule has 2 aromatic carbocycles. The van der Waals surface area contributed by atoms with Gasteiger partial charge in [-0.25, -0.2) is 0 Å². The minimum atomic E-state index is -0.493. The quantitative estimate of drug-likeness (QED) is 0.756. The Bertz CT molecular complexity index is 725. The van der Waals surface area contributed by atoms with Gasteiger partial charge in [0.05, 0.1) is 7.11 Å². The second-order valence-electron chi connectivity index (χ2n) is 7.64. The van der Waals surface area contributed by atoms with Gasteiger partial charge < -0.3 is 19.5 Å². The molecule has 1 N–H and O–H groups in total. The Balaban J connectivity index is 1.44. The fourth-order valence-corrected chi connectivity index (χ4v) is 3.61. The monoisotopic (exact) mass is 384 g/mol. The van der Waals surface area contributed by atoms with Crippen LogP contribution in [0.2, 0.25) is 0 Å². The first-order chi connectivity index (χ1) is 13.6. The number of anilines is 1. The molecule has 0 spiro atoms. The third-order valence-corrected chi connectivity index (χ3v) is 5.25. The van der Waals surface area contributed by atoms with Crippen LogP contribution in [0.4, 0.5) is 5.69 Å². The lowest BCUT2D eigenvalue weighted by molar-refractivity contribution is 0.0659. The summed E-state index contributed by atoms with van der Waals surface area (Å²) in [5.74, 6) is 2.16. The Kier molecular flexibility index (Phi) is 7.18. The number of aliphatic hydroxyl groups excluding tert-OH is 1. The molecule has 0 saturated carbocycles. The summed E-state index contributed by atoms with van der Waals surface area (Å²) in [6.45, 7) is 9.05. The van der Waals surface area contributed by atoms with E-state index in [4.69, 9.17) is 9.47 Å². The summed E-state index contributed by atoms with van der Waals surface area (Å²) >= 11 is 0. The number of benzene rings is 2. The molecule has 0 bridgehead atoms. The third-order valence-electron chi connectivity index (χ3n) is 5.25. The van der Waals surface area contributed by atoms with E-state index in [1.54, 1.807) is 7.11 Å². The maximum atomic E-state index is 10.4. The van der Waals surface area contributed by atoms with Crippen LogP contribution in [0.15, 0.2) is 48.5 Å². The summed E-state index contributed by atoms with van der Waals surface area (Å²) in [5.41, 5.74) is 2.40. The molecule has 5 nitrogen and oxygen atoms in total. The number of hydrogen-bond donors (Lipinski definition) is 1. The van der Waals surface area contributed by atoms with E-state index in [1.165, 1.54) is 11.3 Å². The summed E-state index contributed by atoms with van der Waals surface area (Å²) in [4.78, 5) is 4.68. The molecule has 0 aromatic heterocycles. The average Bonchev–Trinajstić information content (AvgIpc) is 2.73. The van der Waals surface area contributed by atoms with Gasteiger partial charge in [0.2, 0.25) is 0 Å². The van der Waals surface area contributed by atoms with Crippen molar-refractivity contribution < 1.29 is 14.6 Å². The molecule has 1 fully saturated rings. The van der Waals surface area contributed by atoms with Crippen molar-refractivity contribution in [1.82, 2.24) is 4.90 Å². The standard InChI is InChI=1S/C23H32N2O3/c1-18(2)22-6-4-5-7-23(22)28-17-20(26)16-24-12-14-25(15-13-24)19-8-10-21(27-3)11-9-19/h4-11,18,20,26H,12-17H2,1-3H3/t20-/m0/s1. The van der Waals surface area contributed by atoms with Crippen LogP contribution in [-0.4, -0.2) is 62.6 Å². The molecule has 1 saturated heterocycles. The lowest BCUT2D eigenvalue weighted by Gasteiger charge is -2.37. The first-order valence-corrected chi connectivity index (χ1v) is 10.1. The largest absolute Gasteiger partial charge is 0.497 e. The van der Waals surface area contributed by atoms with Crippen molar-refractivity contribution in [2.75, 3.05) is 51.3 Å². The minimum Gasteiger partial charge on any atom is -0.497 e. The molecule has 1 atom stereocenters. The predicted molar refractivity (Wildman–Crippen MR) is 114 cm³/mol. The highest BCUT2D eigenvalue weighted by Crippen LogP contribution is 2.26. The maximum Gasteiger partial charge on any atom is 0.122 e. The summed E-state index contributed by atoms with van der Waals surface area (Å²) in [6.07, 6.45) is -0.493. The molecule has 0 unspecified atom stereocenters. The lowest BCUT2D eigenvalue weighted by atomic mass is 10.0. The van der Waals surface area contributed by atoms with Crippen LogP contribution in [0.5, 0.6) is 11.5 Å². The van der Waals surface area contributed by atoms with Crippen LogP contribution in [0.3, 0.4) is 0 Å². The summed E-state index contributed by atoms with van der Waals surface area (Å²) in [6, 6.07) is 16.3. The van der Waals surface area contributed by atoms with Crippen molar-refractivity contribution in [3.05, 3.63) is 54.1 Å². The first kappa shape index (κ1) is 20.5. The van der Waals surface area contributed by atoms with Crippen LogP contribution in [-0.2, 0) is 0 Å². The highest BCUT2D eigenvalue weighted by atomic mass is 16.5. The van der Waals surface area contributed by atoms with Crippen molar-refractivity contribution in [1.29, 1.82) is 0 Å². The van der Waals surface area contributed by atoms with Gasteiger partial charge in [0.25, 0.3) is 0 Å². The zero-order valence-electron chi connectivity index (χ0n) is 17.2. The Labute approximate surface area is 168 Å². The van der Waals surface area contributed by atoms with E-state index >= 15 is 0 Å². The predicted octanol–water partition coefficient (Wildman–Crippen LogP) is 3.38. The number of methoxy groups -OCH3 is 1. The second kappa shape index (κ2) is 9.80. The van der Waals surface area contributed by atoms with Gasteiger partial charge in [0.15, 0.2) is 0 Å². The second-order valence-corrected chi connectivity index (χ2v) is 7.64. The van der Waals surface area contributed by atoms with Gasteiger partial charge in [0, 0.05) is 38.4 Å². The number of nitrogens with zero attached hydrogens (tertiary/aromatic N) is 2. The molecule has 1 aliphatic heterocycles. The topological polar surface area (TPSA) is 45.2 Å². The maximum absolute atomic E-state index is 10.4. The van der Waals surface area contributed by atoms with Crippen LogP contribution in [0, 0.1) is 0 Å². The number of para-hydroxylation sites is 1. The smallest absolute Gasteiger partial charge is 0.122 e. The van der Waals surface area contributed by atoms with Crippen molar-refractivity contribution in [3.63, 3.8) is 0 Å². The molecular formula is C23H32N2O3. The van der Waals surface area contributed by atoms with Crippen LogP contribution >= 0.6 is 0 Å². The third kappa shape index (κ3) is 5.40. The minimum absolute atomic E-state index is 0.322. The Morgan fingerprint density at radius 2 is 1.64 bits per heavy atom. The molecule has 1 aliphatic rings. The number of piperazine rings is 1. The number of β-amino-alcohol motifs (C(OH)–C–C–N with tert-alkyl or cyclic N) is 1. The van der Waals surface area contributed by atoms with Gasteiger partial charge >= 0.3 is 0 Å². The van der Waals surface area contributed by atoms with E-state index < -0.39 is 6.10 Å². The van der Waals surface area contributed by atoms with Crippen molar-refractivity contribution in [2.24, 2.45) is 0 Å². The van der Waals surface area contributed by atoms with Gasteiger partial charge in [-0.2, -0.15) is 0 Å². The molecule has 2 aromatic rings. The lowest BCUT2D eigenvalue weighted by Crippen LogP contribution is -2.49. The fraction of sp³-hybridized carbons (Fsp3) is 0.478. The van der Waals surface area contributed by atoms with E-state index in [0.717, 1.165) is 37.7 Å². The Morgan fingerprint density at radius 1 is 0.964 bits per heavy atom. The molecule has 0 amide bonds. The Hall–Kier alpha value is -2.24. The molecule has 5 heteroatoms. The van der Waals surface area contributed by atoms with Crippen molar-refractivity contribution in [3.8, 4) is 11.5 Å². The van der Waals surface area contributed by atoms with Crippen molar-refractivity contribution >= 4 is 5.69 Å².